The molecule has 0 spiro atoms. The summed E-state index contributed by atoms with van der Waals surface area (Å²) in [6, 6.07) is 1.56. The largest absolute Gasteiger partial charge is 0.395 e. The Morgan fingerprint density at radius 1 is 1.00 bits per heavy atom. The van der Waals surface area contributed by atoms with Crippen molar-refractivity contribution in [1.82, 2.24) is 9.80 Å². The number of hydrogen-bond acceptors (Lipinski definition) is 4. The van der Waals surface area contributed by atoms with Crippen molar-refractivity contribution in [1.29, 1.82) is 0 Å². The molecule has 1 heterocycles. The molecule has 0 radical (unpaired) electrons. The lowest BCUT2D eigenvalue weighted by molar-refractivity contribution is 0.0106. The fraction of sp³-hybridized carbons (Fsp3) is 1.00. The lowest BCUT2D eigenvalue weighted by atomic mass is 9.86. The maximum atomic E-state index is 9.47. The molecule has 0 aromatic carbocycles. The maximum Gasteiger partial charge on any atom is 0.0558 e. The highest BCUT2D eigenvalue weighted by molar-refractivity contribution is 5.01. The van der Waals surface area contributed by atoms with Gasteiger partial charge < -0.3 is 10.2 Å². The van der Waals surface area contributed by atoms with Crippen molar-refractivity contribution < 1.29 is 10.2 Å². The summed E-state index contributed by atoms with van der Waals surface area (Å²) in [5.74, 6) is 0. The van der Waals surface area contributed by atoms with Crippen LogP contribution in [0.3, 0.4) is 0 Å². The number of fused-ring (bicyclic) bond motifs is 1. The van der Waals surface area contributed by atoms with E-state index in [-0.39, 0.29) is 18.8 Å². The van der Waals surface area contributed by atoms with Crippen LogP contribution in [-0.4, -0.2) is 70.0 Å². The molecule has 0 aromatic rings. The zero-order valence-corrected chi connectivity index (χ0v) is 13.4. The van der Waals surface area contributed by atoms with Gasteiger partial charge in [-0.2, -0.15) is 0 Å². The molecule has 2 rings (SSSR count). The summed E-state index contributed by atoms with van der Waals surface area (Å²) in [6.45, 7) is 8.96. The Hall–Kier alpha value is -0.160. The second-order valence-electron chi connectivity index (χ2n) is 7.16. The van der Waals surface area contributed by atoms with Crippen molar-refractivity contribution in [3.05, 3.63) is 0 Å². The first-order chi connectivity index (χ1) is 9.51. The number of aliphatic hydroxyl groups is 2. The molecular formula is C16H32N2O2. The van der Waals surface area contributed by atoms with Gasteiger partial charge in [-0.05, 0) is 40.0 Å². The highest BCUT2D eigenvalue weighted by Gasteiger charge is 2.45. The quantitative estimate of drug-likeness (QED) is 0.820. The molecule has 4 nitrogen and oxygen atoms in total. The maximum absolute atomic E-state index is 9.47. The van der Waals surface area contributed by atoms with Crippen molar-refractivity contribution in [2.45, 2.75) is 76.5 Å². The predicted molar refractivity (Wildman–Crippen MR) is 81.8 cm³/mol. The van der Waals surface area contributed by atoms with Gasteiger partial charge in [0.05, 0.1) is 13.2 Å². The molecule has 2 aliphatic rings. The van der Waals surface area contributed by atoms with E-state index in [9.17, 15) is 10.2 Å². The van der Waals surface area contributed by atoms with Crippen LogP contribution < -0.4 is 0 Å². The molecule has 3 unspecified atom stereocenters. The molecular weight excluding hydrogens is 252 g/mol. The molecule has 118 valence electrons. The van der Waals surface area contributed by atoms with Gasteiger partial charge >= 0.3 is 0 Å². The summed E-state index contributed by atoms with van der Waals surface area (Å²) in [4.78, 5) is 5.08. The van der Waals surface area contributed by atoms with Gasteiger partial charge in [-0.1, -0.05) is 12.8 Å². The number of nitrogens with zero attached hydrogens (tertiary/aromatic N) is 2. The van der Waals surface area contributed by atoms with Crippen LogP contribution in [0.15, 0.2) is 0 Å². The van der Waals surface area contributed by atoms with E-state index in [1.165, 1.54) is 25.7 Å². The van der Waals surface area contributed by atoms with E-state index in [2.05, 4.69) is 30.6 Å². The van der Waals surface area contributed by atoms with E-state index >= 15 is 0 Å². The molecule has 20 heavy (non-hydrogen) atoms. The van der Waals surface area contributed by atoms with Crippen LogP contribution in [0.25, 0.3) is 0 Å². The van der Waals surface area contributed by atoms with Crippen LogP contribution in [0.4, 0.5) is 0 Å². The molecule has 0 bridgehead atoms. The van der Waals surface area contributed by atoms with Crippen LogP contribution in [0, 0.1) is 0 Å². The van der Waals surface area contributed by atoms with Crippen LogP contribution in [0.1, 0.15) is 52.9 Å². The molecule has 1 saturated heterocycles. The number of rotatable bonds is 4. The number of β-amino-alcohol motifs (C(OH)–C–C–N with tert-alkyl or cyclic N) is 2. The van der Waals surface area contributed by atoms with E-state index in [1.807, 2.05) is 0 Å². The monoisotopic (exact) mass is 284 g/mol. The average Bonchev–Trinajstić information content (AvgIpc) is 2.48. The SMILES string of the molecule is CC1CC(C)(C)N(CCO)C2CCCCC2N1CCO. The third-order valence-electron chi connectivity index (χ3n) is 5.36. The summed E-state index contributed by atoms with van der Waals surface area (Å²) < 4.78 is 0. The molecule has 0 amide bonds. The third-order valence-corrected chi connectivity index (χ3v) is 5.36. The topological polar surface area (TPSA) is 46.9 Å². The summed E-state index contributed by atoms with van der Waals surface area (Å²) in [5, 5.41) is 18.9. The standard InChI is InChI=1S/C16H32N2O2/c1-13-12-16(2,3)18(9-11-20)15-7-5-4-6-14(15)17(13)8-10-19/h13-15,19-20H,4-12H2,1-3H3. The van der Waals surface area contributed by atoms with Crippen molar-refractivity contribution in [3.63, 3.8) is 0 Å². The molecule has 3 atom stereocenters. The Bertz CT molecular complexity index is 309. The molecule has 0 aromatic heterocycles. The van der Waals surface area contributed by atoms with Crippen LogP contribution >= 0.6 is 0 Å². The Balaban J connectivity index is 2.30. The normalized spacial score (nSPS) is 35.5. The van der Waals surface area contributed by atoms with E-state index in [0.29, 0.717) is 18.1 Å². The van der Waals surface area contributed by atoms with Crippen molar-refractivity contribution in [3.8, 4) is 0 Å². The molecule has 1 aliphatic heterocycles. The van der Waals surface area contributed by atoms with Crippen LogP contribution in [0.5, 0.6) is 0 Å². The predicted octanol–water partition coefficient (Wildman–Crippen LogP) is 1.46. The minimum Gasteiger partial charge on any atom is -0.395 e. The minimum atomic E-state index is 0.118. The van der Waals surface area contributed by atoms with Gasteiger partial charge in [-0.3, -0.25) is 9.80 Å². The smallest absolute Gasteiger partial charge is 0.0558 e. The Labute approximate surface area is 123 Å². The van der Waals surface area contributed by atoms with Crippen molar-refractivity contribution >= 4 is 0 Å². The van der Waals surface area contributed by atoms with Gasteiger partial charge in [0.1, 0.15) is 0 Å². The lowest BCUT2D eigenvalue weighted by Gasteiger charge is -2.47. The fourth-order valence-corrected chi connectivity index (χ4v) is 4.65. The van der Waals surface area contributed by atoms with Crippen LogP contribution in [0.2, 0.25) is 0 Å². The summed E-state index contributed by atoms with van der Waals surface area (Å²) >= 11 is 0. The Morgan fingerprint density at radius 2 is 1.60 bits per heavy atom. The highest BCUT2D eigenvalue weighted by Crippen LogP contribution is 2.38. The van der Waals surface area contributed by atoms with E-state index in [1.54, 1.807) is 0 Å². The first-order valence-corrected chi connectivity index (χ1v) is 8.25. The first kappa shape index (κ1) is 16.2. The van der Waals surface area contributed by atoms with Gasteiger partial charge in [0.15, 0.2) is 0 Å². The van der Waals surface area contributed by atoms with E-state index in [0.717, 1.165) is 19.5 Å². The average molecular weight is 284 g/mol. The second kappa shape index (κ2) is 6.73. The Kier molecular flexibility index (Phi) is 5.46. The van der Waals surface area contributed by atoms with E-state index < -0.39 is 0 Å². The lowest BCUT2D eigenvalue weighted by Crippen LogP contribution is -2.57. The number of hydrogen-bond donors (Lipinski definition) is 2. The summed E-state index contributed by atoms with van der Waals surface area (Å²) in [5.41, 5.74) is 0.118. The summed E-state index contributed by atoms with van der Waals surface area (Å²) in [7, 11) is 0. The highest BCUT2D eigenvalue weighted by atomic mass is 16.3. The van der Waals surface area contributed by atoms with Crippen LogP contribution in [-0.2, 0) is 0 Å². The molecule has 2 N–H and O–H groups in total. The fourth-order valence-electron chi connectivity index (χ4n) is 4.65. The van der Waals surface area contributed by atoms with Gasteiger partial charge in [0.25, 0.3) is 0 Å². The zero-order chi connectivity index (χ0) is 14.8. The minimum absolute atomic E-state index is 0.118. The molecule has 1 aliphatic carbocycles. The number of aliphatic hydroxyl groups excluding tert-OH is 2. The molecule has 4 heteroatoms. The molecule has 2 fully saturated rings. The van der Waals surface area contributed by atoms with Gasteiger partial charge in [0, 0.05) is 36.8 Å². The van der Waals surface area contributed by atoms with E-state index in [4.69, 9.17) is 0 Å². The van der Waals surface area contributed by atoms with Crippen molar-refractivity contribution in [2.75, 3.05) is 26.3 Å². The zero-order valence-electron chi connectivity index (χ0n) is 13.4. The van der Waals surface area contributed by atoms with Crippen molar-refractivity contribution in [2.24, 2.45) is 0 Å². The first-order valence-electron chi connectivity index (χ1n) is 8.25. The third kappa shape index (κ3) is 3.19. The second-order valence-corrected chi connectivity index (χ2v) is 7.16. The van der Waals surface area contributed by atoms with Gasteiger partial charge in [0.2, 0.25) is 0 Å². The van der Waals surface area contributed by atoms with Gasteiger partial charge in [-0.15, -0.1) is 0 Å². The van der Waals surface area contributed by atoms with Gasteiger partial charge in [-0.25, -0.2) is 0 Å². The molecule has 1 saturated carbocycles. The summed E-state index contributed by atoms with van der Waals surface area (Å²) in [6.07, 6.45) is 6.14. The Morgan fingerprint density at radius 3 is 2.20 bits per heavy atom.